The van der Waals surface area contributed by atoms with E-state index >= 15 is 0 Å². The monoisotopic (exact) mass is 373 g/mol. The van der Waals surface area contributed by atoms with Gasteiger partial charge in [0.05, 0.1) is 0 Å². The van der Waals surface area contributed by atoms with Crippen molar-refractivity contribution >= 4 is 45.1 Å². The van der Waals surface area contributed by atoms with Gasteiger partial charge in [-0.05, 0) is 38.0 Å². The Morgan fingerprint density at radius 1 is 1.22 bits per heavy atom. The maximum Gasteiger partial charge on any atom is 0.335 e. The minimum atomic E-state index is -3.95. The van der Waals surface area contributed by atoms with Crippen molar-refractivity contribution in [1.82, 2.24) is 19.7 Å². The van der Waals surface area contributed by atoms with Gasteiger partial charge in [0.15, 0.2) is 5.16 Å². The van der Waals surface area contributed by atoms with Crippen molar-refractivity contribution in [1.29, 1.82) is 0 Å². The highest BCUT2D eigenvalue weighted by atomic mass is 32.2. The summed E-state index contributed by atoms with van der Waals surface area (Å²) in [5.41, 5.74) is 0.591. The smallest absolute Gasteiger partial charge is 0.275 e. The largest absolute Gasteiger partial charge is 0.335 e. The molecule has 23 heavy (non-hydrogen) atoms. The van der Waals surface area contributed by atoms with Crippen LogP contribution in [-0.2, 0) is 10.0 Å². The molecule has 2 aromatic rings. The second-order valence-corrected chi connectivity index (χ2v) is 8.03. The summed E-state index contributed by atoms with van der Waals surface area (Å²) in [5, 5.41) is 4.47. The average molecular weight is 373 g/mol. The molecule has 0 bridgehead atoms. The Bertz CT molecular complexity index is 828. The molecular weight excluding hydrogens is 358 g/mol. The summed E-state index contributed by atoms with van der Waals surface area (Å²) in [6, 6.07) is -0.923. The third-order valence-electron chi connectivity index (χ3n) is 2.72. The Morgan fingerprint density at radius 2 is 1.91 bits per heavy atom. The summed E-state index contributed by atoms with van der Waals surface area (Å²) in [7, 11) is -3.95. The van der Waals surface area contributed by atoms with Crippen LogP contribution in [0.4, 0.5) is 10.7 Å². The van der Waals surface area contributed by atoms with Gasteiger partial charge in [0, 0.05) is 4.88 Å². The Labute approximate surface area is 142 Å². The fourth-order valence-corrected chi connectivity index (χ4v) is 4.81. The molecule has 0 saturated carbocycles. The van der Waals surface area contributed by atoms with Gasteiger partial charge in [-0.3, -0.25) is 5.32 Å². The number of thiophene rings is 1. The van der Waals surface area contributed by atoms with Crippen molar-refractivity contribution in [3.63, 3.8) is 0 Å². The number of carbonyl (C=O) groups is 1. The molecule has 0 fully saturated rings. The zero-order valence-electron chi connectivity index (χ0n) is 12.9. The Balaban J connectivity index is 2.18. The van der Waals surface area contributed by atoms with Crippen molar-refractivity contribution in [2.75, 3.05) is 11.6 Å². The molecule has 0 spiro atoms. The number of aromatic nitrogens is 3. The minimum Gasteiger partial charge on any atom is -0.275 e. The number of aryl methyl sites for hydroxylation is 3. The number of carbonyl (C=O) groups excluding carboxylic acids is 1. The summed E-state index contributed by atoms with van der Waals surface area (Å²) in [6.45, 7) is 5.01. The number of anilines is 1. The maximum absolute atomic E-state index is 12.3. The van der Waals surface area contributed by atoms with E-state index < -0.39 is 16.1 Å². The molecule has 11 heteroatoms. The van der Waals surface area contributed by atoms with Crippen molar-refractivity contribution in [3.05, 3.63) is 21.6 Å². The van der Waals surface area contributed by atoms with E-state index in [-0.39, 0.29) is 10.8 Å². The van der Waals surface area contributed by atoms with Crippen LogP contribution in [0, 0.1) is 20.8 Å². The first-order chi connectivity index (χ1) is 10.7. The van der Waals surface area contributed by atoms with Gasteiger partial charge in [-0.25, -0.2) is 22.9 Å². The molecule has 0 aromatic carbocycles. The van der Waals surface area contributed by atoms with Gasteiger partial charge in [0.2, 0.25) is 5.95 Å². The first-order valence-electron chi connectivity index (χ1n) is 6.38. The molecule has 2 heterocycles. The first kappa shape index (κ1) is 17.6. The van der Waals surface area contributed by atoms with Crippen molar-refractivity contribution < 1.29 is 13.2 Å². The number of thioether (sulfide) groups is 1. The van der Waals surface area contributed by atoms with Crippen LogP contribution in [0.15, 0.2) is 15.4 Å². The van der Waals surface area contributed by atoms with Crippen LogP contribution in [0.1, 0.15) is 16.3 Å². The number of hydrogen-bond acceptors (Lipinski definition) is 8. The SMILES string of the molecule is CSc1nc(C)nc(NC(=O)NS(=O)(=O)c2c(C)csc2C)n1. The van der Waals surface area contributed by atoms with Gasteiger partial charge in [-0.2, -0.15) is 9.97 Å². The van der Waals surface area contributed by atoms with Crippen molar-refractivity contribution in [2.45, 2.75) is 30.8 Å². The van der Waals surface area contributed by atoms with Gasteiger partial charge in [0.1, 0.15) is 10.7 Å². The predicted molar refractivity (Wildman–Crippen MR) is 89.5 cm³/mol. The molecule has 8 nitrogen and oxygen atoms in total. The van der Waals surface area contributed by atoms with Gasteiger partial charge >= 0.3 is 6.03 Å². The lowest BCUT2D eigenvalue weighted by Crippen LogP contribution is -2.35. The normalized spacial score (nSPS) is 11.3. The van der Waals surface area contributed by atoms with E-state index in [4.69, 9.17) is 0 Å². The van der Waals surface area contributed by atoms with Crippen molar-refractivity contribution in [3.8, 4) is 0 Å². The molecule has 0 aliphatic heterocycles. The van der Waals surface area contributed by atoms with Crippen LogP contribution in [0.5, 0.6) is 0 Å². The van der Waals surface area contributed by atoms with Crippen LogP contribution >= 0.6 is 23.1 Å². The number of sulfonamides is 1. The summed E-state index contributed by atoms with van der Waals surface area (Å²) >= 11 is 2.60. The lowest BCUT2D eigenvalue weighted by molar-refractivity contribution is 0.256. The summed E-state index contributed by atoms with van der Waals surface area (Å²) in [6.07, 6.45) is 1.78. The van der Waals surface area contributed by atoms with E-state index in [9.17, 15) is 13.2 Å². The first-order valence-corrected chi connectivity index (χ1v) is 9.97. The lowest BCUT2D eigenvalue weighted by atomic mass is 10.3. The average Bonchev–Trinajstić information content (AvgIpc) is 2.77. The predicted octanol–water partition coefficient (Wildman–Crippen LogP) is 2.09. The van der Waals surface area contributed by atoms with Gasteiger partial charge in [0.25, 0.3) is 10.0 Å². The molecule has 0 radical (unpaired) electrons. The number of urea groups is 1. The van der Waals surface area contributed by atoms with E-state index in [1.807, 2.05) is 4.72 Å². The number of hydrogen-bond donors (Lipinski definition) is 2. The van der Waals surface area contributed by atoms with Crippen LogP contribution < -0.4 is 10.0 Å². The molecule has 2 rings (SSSR count). The highest BCUT2D eigenvalue weighted by Gasteiger charge is 2.23. The van der Waals surface area contributed by atoms with Gasteiger partial charge in [-0.1, -0.05) is 11.8 Å². The molecule has 0 atom stereocenters. The highest BCUT2D eigenvalue weighted by molar-refractivity contribution is 7.98. The van der Waals surface area contributed by atoms with Crippen LogP contribution in [-0.4, -0.2) is 35.7 Å². The number of nitrogens with zero attached hydrogens (tertiary/aromatic N) is 3. The molecule has 2 aromatic heterocycles. The van der Waals surface area contributed by atoms with Gasteiger partial charge < -0.3 is 0 Å². The maximum atomic E-state index is 12.3. The zero-order chi connectivity index (χ0) is 17.2. The van der Waals surface area contributed by atoms with Crippen LogP contribution in [0.3, 0.4) is 0 Å². The Morgan fingerprint density at radius 3 is 2.48 bits per heavy atom. The highest BCUT2D eigenvalue weighted by Crippen LogP contribution is 2.25. The Hall–Kier alpha value is -1.72. The van der Waals surface area contributed by atoms with Gasteiger partial charge in [-0.15, -0.1) is 11.3 Å². The number of amides is 2. The van der Waals surface area contributed by atoms with Crippen LogP contribution in [0.2, 0.25) is 0 Å². The fraction of sp³-hybridized carbons (Fsp3) is 0.333. The van der Waals surface area contributed by atoms with E-state index in [0.29, 0.717) is 21.4 Å². The molecule has 0 aliphatic rings. The number of nitrogens with one attached hydrogen (secondary N) is 2. The quantitative estimate of drug-likeness (QED) is 0.789. The lowest BCUT2D eigenvalue weighted by Gasteiger charge is -2.09. The van der Waals surface area contributed by atoms with E-state index in [1.165, 1.54) is 23.1 Å². The van der Waals surface area contributed by atoms with E-state index in [1.54, 1.807) is 32.4 Å². The van der Waals surface area contributed by atoms with E-state index in [0.717, 1.165) is 0 Å². The summed E-state index contributed by atoms with van der Waals surface area (Å²) in [4.78, 5) is 24.7. The Kier molecular flexibility index (Phi) is 5.22. The molecule has 2 amide bonds. The minimum absolute atomic E-state index is 0.00619. The third kappa shape index (κ3) is 4.18. The fourth-order valence-electron chi connectivity index (χ4n) is 1.87. The topological polar surface area (TPSA) is 114 Å². The second kappa shape index (κ2) is 6.81. The molecule has 0 saturated heterocycles. The molecular formula is C12H15N5O3S3. The van der Waals surface area contributed by atoms with Crippen molar-refractivity contribution in [2.24, 2.45) is 0 Å². The van der Waals surface area contributed by atoms with Crippen LogP contribution in [0.25, 0.3) is 0 Å². The summed E-state index contributed by atoms with van der Waals surface area (Å²) < 4.78 is 26.6. The molecule has 0 unspecified atom stereocenters. The molecule has 2 N–H and O–H groups in total. The number of rotatable bonds is 4. The molecule has 124 valence electrons. The molecule has 0 aliphatic carbocycles. The standard InChI is InChI=1S/C12H15N5O3S3/c1-6-5-22-7(2)9(6)23(19,20)17-11(18)15-10-13-8(3)14-12(16-10)21-4/h5H,1-4H3,(H2,13,14,15,16,17,18). The zero-order valence-corrected chi connectivity index (χ0v) is 15.3. The van der Waals surface area contributed by atoms with E-state index in [2.05, 4.69) is 20.3 Å². The third-order valence-corrected chi connectivity index (χ3v) is 6.05. The second-order valence-electron chi connectivity index (χ2n) is 4.56. The summed E-state index contributed by atoms with van der Waals surface area (Å²) in [5.74, 6) is 0.417.